The fraction of sp³-hybridized carbons (Fsp3) is 0.556. The number of likely N-dealkylation sites (tertiary alicyclic amines) is 1. The molecule has 5 nitrogen and oxygen atoms in total. The molecule has 2 rings (SSSR count). The second-order valence-corrected chi connectivity index (χ2v) is 6.26. The molecule has 0 unspecified atom stereocenters. The van der Waals surface area contributed by atoms with Crippen LogP contribution in [0, 0.1) is 5.41 Å². The summed E-state index contributed by atoms with van der Waals surface area (Å²) < 4.78 is 0. The number of rotatable bonds is 7. The van der Waals surface area contributed by atoms with Gasteiger partial charge in [0.05, 0.1) is 5.41 Å². The van der Waals surface area contributed by atoms with E-state index in [1.54, 1.807) is 0 Å². The number of anilines is 1. The SMILES string of the molecule is CCC(CC)(CN)C(=O)Nc1ccc(CN2CCCC2=O)cc1.Cl. The zero-order valence-electron chi connectivity index (χ0n) is 14.5. The summed E-state index contributed by atoms with van der Waals surface area (Å²) in [5, 5.41) is 2.97. The number of nitrogens with one attached hydrogen (secondary N) is 1. The molecule has 2 amide bonds. The van der Waals surface area contributed by atoms with Crippen LogP contribution in [-0.4, -0.2) is 29.8 Å². The molecule has 1 aliphatic rings. The van der Waals surface area contributed by atoms with Crippen molar-refractivity contribution in [2.24, 2.45) is 11.1 Å². The Morgan fingerprint density at radius 2 is 1.88 bits per heavy atom. The summed E-state index contributed by atoms with van der Waals surface area (Å²) in [6.45, 7) is 5.81. The van der Waals surface area contributed by atoms with E-state index >= 15 is 0 Å². The van der Waals surface area contributed by atoms with Gasteiger partial charge in [0.15, 0.2) is 0 Å². The molecule has 0 spiro atoms. The van der Waals surface area contributed by atoms with Crippen LogP contribution in [-0.2, 0) is 16.1 Å². The van der Waals surface area contributed by atoms with Gasteiger partial charge < -0.3 is 16.0 Å². The summed E-state index contributed by atoms with van der Waals surface area (Å²) in [6.07, 6.45) is 3.05. The molecule has 24 heavy (non-hydrogen) atoms. The molecule has 1 aliphatic heterocycles. The van der Waals surface area contributed by atoms with E-state index in [9.17, 15) is 9.59 Å². The van der Waals surface area contributed by atoms with Crippen LogP contribution in [0.25, 0.3) is 0 Å². The van der Waals surface area contributed by atoms with Crippen LogP contribution in [0.2, 0.25) is 0 Å². The number of carbonyl (C=O) groups excluding carboxylic acids is 2. The molecule has 0 radical (unpaired) electrons. The minimum absolute atomic E-state index is 0. The predicted octanol–water partition coefficient (Wildman–Crippen LogP) is 2.93. The number of nitrogens with zero attached hydrogens (tertiary/aromatic N) is 1. The third kappa shape index (κ3) is 4.48. The van der Waals surface area contributed by atoms with E-state index in [0.29, 0.717) is 19.5 Å². The molecule has 1 aromatic carbocycles. The Labute approximate surface area is 150 Å². The summed E-state index contributed by atoms with van der Waals surface area (Å²) in [5.74, 6) is 0.202. The van der Waals surface area contributed by atoms with Gasteiger partial charge in [-0.3, -0.25) is 9.59 Å². The first kappa shape index (κ1) is 20.5. The van der Waals surface area contributed by atoms with Gasteiger partial charge in [-0.05, 0) is 37.0 Å². The van der Waals surface area contributed by atoms with Gasteiger partial charge in [0, 0.05) is 31.7 Å². The third-order valence-electron chi connectivity index (χ3n) is 4.98. The van der Waals surface area contributed by atoms with E-state index in [2.05, 4.69) is 5.32 Å². The molecule has 3 N–H and O–H groups in total. The van der Waals surface area contributed by atoms with Crippen molar-refractivity contribution in [2.45, 2.75) is 46.1 Å². The van der Waals surface area contributed by atoms with Crippen LogP contribution in [0.5, 0.6) is 0 Å². The van der Waals surface area contributed by atoms with E-state index in [-0.39, 0.29) is 24.2 Å². The Bertz CT molecular complexity index is 548. The summed E-state index contributed by atoms with van der Waals surface area (Å²) >= 11 is 0. The zero-order valence-corrected chi connectivity index (χ0v) is 15.3. The summed E-state index contributed by atoms with van der Waals surface area (Å²) in [4.78, 5) is 26.0. The lowest BCUT2D eigenvalue weighted by Crippen LogP contribution is -2.41. The Morgan fingerprint density at radius 1 is 1.25 bits per heavy atom. The highest BCUT2D eigenvalue weighted by Gasteiger charge is 2.33. The molecule has 1 fully saturated rings. The Morgan fingerprint density at radius 3 is 2.33 bits per heavy atom. The van der Waals surface area contributed by atoms with Crippen LogP contribution in [0.4, 0.5) is 5.69 Å². The first-order valence-electron chi connectivity index (χ1n) is 8.43. The molecule has 134 valence electrons. The van der Waals surface area contributed by atoms with Gasteiger partial charge in [0.1, 0.15) is 0 Å². The molecule has 1 saturated heterocycles. The normalized spacial score (nSPS) is 14.5. The van der Waals surface area contributed by atoms with Gasteiger partial charge in [0.2, 0.25) is 11.8 Å². The van der Waals surface area contributed by atoms with Crippen molar-refractivity contribution in [1.82, 2.24) is 4.90 Å². The van der Waals surface area contributed by atoms with Gasteiger partial charge in [0.25, 0.3) is 0 Å². The average molecular weight is 354 g/mol. The Hall–Kier alpha value is -1.59. The summed E-state index contributed by atoms with van der Waals surface area (Å²) in [6, 6.07) is 7.70. The topological polar surface area (TPSA) is 75.4 Å². The fourth-order valence-electron chi connectivity index (χ4n) is 3.00. The van der Waals surface area contributed by atoms with Crippen molar-refractivity contribution in [3.05, 3.63) is 29.8 Å². The van der Waals surface area contributed by atoms with Crippen molar-refractivity contribution in [2.75, 3.05) is 18.4 Å². The molecule has 1 heterocycles. The number of carbonyl (C=O) groups is 2. The number of nitrogens with two attached hydrogens (primary N) is 1. The predicted molar refractivity (Wildman–Crippen MR) is 99.0 cm³/mol. The monoisotopic (exact) mass is 353 g/mol. The number of hydrogen-bond acceptors (Lipinski definition) is 3. The van der Waals surface area contributed by atoms with Crippen molar-refractivity contribution >= 4 is 29.9 Å². The molecular formula is C18H28ClN3O2. The highest BCUT2D eigenvalue weighted by molar-refractivity contribution is 5.95. The Balaban J connectivity index is 0.00000288. The lowest BCUT2D eigenvalue weighted by atomic mass is 9.81. The van der Waals surface area contributed by atoms with Crippen LogP contribution < -0.4 is 11.1 Å². The van der Waals surface area contributed by atoms with Gasteiger partial charge in [-0.2, -0.15) is 0 Å². The van der Waals surface area contributed by atoms with Crippen LogP contribution >= 0.6 is 12.4 Å². The molecule has 0 aliphatic carbocycles. The zero-order chi connectivity index (χ0) is 16.9. The standard InChI is InChI=1S/C18H27N3O2.ClH/c1-3-18(4-2,13-19)17(23)20-15-9-7-14(8-10-15)12-21-11-5-6-16(21)22;/h7-10H,3-6,11-13,19H2,1-2H3,(H,20,23);1H. The second-order valence-electron chi connectivity index (χ2n) is 6.26. The summed E-state index contributed by atoms with van der Waals surface area (Å²) in [5.41, 5.74) is 7.16. The van der Waals surface area contributed by atoms with Crippen molar-refractivity contribution in [3.63, 3.8) is 0 Å². The number of amides is 2. The van der Waals surface area contributed by atoms with E-state index in [1.165, 1.54) is 0 Å². The maximum atomic E-state index is 12.5. The van der Waals surface area contributed by atoms with Gasteiger partial charge >= 0.3 is 0 Å². The molecule has 0 aromatic heterocycles. The largest absolute Gasteiger partial charge is 0.338 e. The van der Waals surface area contributed by atoms with E-state index in [1.807, 2.05) is 43.0 Å². The van der Waals surface area contributed by atoms with E-state index < -0.39 is 5.41 Å². The minimum Gasteiger partial charge on any atom is -0.338 e. The van der Waals surface area contributed by atoms with E-state index in [0.717, 1.165) is 37.1 Å². The highest BCUT2D eigenvalue weighted by Crippen LogP contribution is 2.27. The van der Waals surface area contributed by atoms with Gasteiger partial charge in [-0.15, -0.1) is 12.4 Å². The summed E-state index contributed by atoms with van der Waals surface area (Å²) in [7, 11) is 0. The second kappa shape index (κ2) is 9.04. The molecule has 0 atom stereocenters. The Kier molecular flexibility index (Phi) is 7.70. The molecule has 0 saturated carbocycles. The maximum absolute atomic E-state index is 12.5. The smallest absolute Gasteiger partial charge is 0.231 e. The maximum Gasteiger partial charge on any atom is 0.231 e. The van der Waals surface area contributed by atoms with Crippen LogP contribution in [0.15, 0.2) is 24.3 Å². The number of benzene rings is 1. The average Bonchev–Trinajstić information content (AvgIpc) is 2.96. The molecule has 0 bridgehead atoms. The minimum atomic E-state index is -0.499. The molecular weight excluding hydrogens is 326 g/mol. The van der Waals surface area contributed by atoms with Crippen LogP contribution in [0.3, 0.4) is 0 Å². The fourth-order valence-corrected chi connectivity index (χ4v) is 3.00. The van der Waals surface area contributed by atoms with Crippen molar-refractivity contribution in [1.29, 1.82) is 0 Å². The molecule has 6 heteroatoms. The van der Waals surface area contributed by atoms with Crippen molar-refractivity contribution in [3.8, 4) is 0 Å². The lowest BCUT2D eigenvalue weighted by Gasteiger charge is -2.28. The van der Waals surface area contributed by atoms with E-state index in [4.69, 9.17) is 5.73 Å². The van der Waals surface area contributed by atoms with Gasteiger partial charge in [-0.25, -0.2) is 0 Å². The number of halogens is 1. The highest BCUT2D eigenvalue weighted by atomic mass is 35.5. The first-order valence-corrected chi connectivity index (χ1v) is 8.43. The third-order valence-corrected chi connectivity index (χ3v) is 4.98. The quantitative estimate of drug-likeness (QED) is 0.791. The van der Waals surface area contributed by atoms with Crippen LogP contribution in [0.1, 0.15) is 45.1 Å². The van der Waals surface area contributed by atoms with Crippen molar-refractivity contribution < 1.29 is 9.59 Å². The number of hydrogen-bond donors (Lipinski definition) is 2. The molecule has 1 aromatic rings. The van der Waals surface area contributed by atoms with Gasteiger partial charge in [-0.1, -0.05) is 26.0 Å². The lowest BCUT2D eigenvalue weighted by molar-refractivity contribution is -0.128. The first-order chi connectivity index (χ1) is 11.0.